The Morgan fingerprint density at radius 1 is 1.14 bits per heavy atom. The topological polar surface area (TPSA) is 111 Å². The summed E-state index contributed by atoms with van der Waals surface area (Å²) in [4.78, 5) is 12.9. The Morgan fingerprint density at radius 3 is 2.54 bits per heavy atom. The molecule has 1 aliphatic heterocycles. The van der Waals surface area contributed by atoms with Gasteiger partial charge < -0.3 is 19.3 Å². The fraction of sp³-hybridized carbons (Fsp3) is 0.308. The second-order valence-electron chi connectivity index (χ2n) is 8.55. The average molecular weight is 530 g/mol. The first-order valence-electron chi connectivity index (χ1n) is 11.7. The average Bonchev–Trinajstić information content (AvgIpc) is 3.29. The van der Waals surface area contributed by atoms with Crippen LogP contribution in [0.3, 0.4) is 0 Å². The van der Waals surface area contributed by atoms with Gasteiger partial charge >= 0.3 is 0 Å². The lowest BCUT2D eigenvalue weighted by molar-refractivity contribution is -0.120. The largest absolute Gasteiger partial charge is 0.497 e. The number of sulfonamides is 1. The molecule has 1 saturated heterocycles. The third-order valence-electron chi connectivity index (χ3n) is 6.24. The molecule has 1 aromatic heterocycles. The summed E-state index contributed by atoms with van der Waals surface area (Å²) in [5.74, 6) is 0.0377. The Labute approximate surface area is 214 Å². The minimum absolute atomic E-state index is 0.0192. The van der Waals surface area contributed by atoms with Gasteiger partial charge in [-0.1, -0.05) is 23.4 Å². The minimum atomic E-state index is -3.96. The molecule has 1 fully saturated rings. The van der Waals surface area contributed by atoms with E-state index in [1.807, 2.05) is 0 Å². The van der Waals surface area contributed by atoms with E-state index in [1.165, 1.54) is 36.7 Å². The van der Waals surface area contributed by atoms with Gasteiger partial charge in [-0.3, -0.25) is 4.79 Å². The van der Waals surface area contributed by atoms with Crippen molar-refractivity contribution in [2.75, 3.05) is 32.6 Å². The number of hydrogen-bond acceptors (Lipinski definition) is 7. The quantitative estimate of drug-likeness (QED) is 0.462. The van der Waals surface area contributed by atoms with Crippen molar-refractivity contribution in [1.29, 1.82) is 0 Å². The van der Waals surface area contributed by atoms with Gasteiger partial charge in [0.25, 0.3) is 0 Å². The molecule has 0 spiro atoms. The SMILES string of the molecule is COc1ccc(OC)c(NC(=O)C2CCN(S(=O)(=O)c3c(C)noc3C=Cc3ccccc3F)CC2)c1. The fourth-order valence-electron chi connectivity index (χ4n) is 4.21. The summed E-state index contributed by atoms with van der Waals surface area (Å²) in [5, 5.41) is 6.69. The lowest BCUT2D eigenvalue weighted by Crippen LogP contribution is -2.41. The lowest BCUT2D eigenvalue weighted by Gasteiger charge is -2.30. The summed E-state index contributed by atoms with van der Waals surface area (Å²) in [6.07, 6.45) is 3.51. The van der Waals surface area contributed by atoms with Crippen molar-refractivity contribution >= 4 is 33.8 Å². The molecule has 9 nitrogen and oxygen atoms in total. The van der Waals surface area contributed by atoms with E-state index >= 15 is 0 Å². The number of hydrogen-bond donors (Lipinski definition) is 1. The van der Waals surface area contributed by atoms with E-state index < -0.39 is 15.8 Å². The summed E-state index contributed by atoms with van der Waals surface area (Å²) in [5.41, 5.74) is 0.978. The predicted molar refractivity (Wildman–Crippen MR) is 136 cm³/mol. The Hall–Kier alpha value is -3.70. The number of rotatable bonds is 8. The van der Waals surface area contributed by atoms with E-state index in [4.69, 9.17) is 14.0 Å². The summed E-state index contributed by atoms with van der Waals surface area (Å²) in [6.45, 7) is 1.84. The zero-order valence-electron chi connectivity index (χ0n) is 20.7. The number of piperidine rings is 1. The number of carbonyl (C=O) groups excluding carboxylic acids is 1. The third kappa shape index (κ3) is 5.67. The van der Waals surface area contributed by atoms with Crippen LogP contribution >= 0.6 is 0 Å². The molecular formula is C26H28FN3O6S. The number of ether oxygens (including phenoxy) is 2. The molecule has 3 aromatic rings. The molecule has 37 heavy (non-hydrogen) atoms. The summed E-state index contributed by atoms with van der Waals surface area (Å²) in [6, 6.07) is 11.2. The number of aryl methyl sites for hydroxylation is 1. The molecule has 0 bridgehead atoms. The second kappa shape index (κ2) is 11.1. The van der Waals surface area contributed by atoms with Crippen LogP contribution in [0.1, 0.15) is 29.9 Å². The third-order valence-corrected chi connectivity index (χ3v) is 8.30. The van der Waals surface area contributed by atoms with Crippen molar-refractivity contribution in [3.63, 3.8) is 0 Å². The van der Waals surface area contributed by atoms with Crippen molar-refractivity contribution in [2.24, 2.45) is 5.92 Å². The monoisotopic (exact) mass is 529 g/mol. The molecule has 0 atom stereocenters. The summed E-state index contributed by atoms with van der Waals surface area (Å²) in [7, 11) is -0.921. The number of nitrogens with zero attached hydrogens (tertiary/aromatic N) is 2. The van der Waals surface area contributed by atoms with Crippen molar-refractivity contribution in [3.05, 3.63) is 65.3 Å². The van der Waals surface area contributed by atoms with Gasteiger partial charge in [0.15, 0.2) is 10.7 Å². The molecule has 2 heterocycles. The highest BCUT2D eigenvalue weighted by atomic mass is 32.2. The van der Waals surface area contributed by atoms with Gasteiger partial charge in [0.2, 0.25) is 15.9 Å². The first-order valence-corrected chi connectivity index (χ1v) is 13.1. The Kier molecular flexibility index (Phi) is 7.94. The first kappa shape index (κ1) is 26.4. The van der Waals surface area contributed by atoms with Crippen LogP contribution in [0, 0.1) is 18.7 Å². The number of halogens is 1. The molecule has 1 amide bonds. The van der Waals surface area contributed by atoms with Crippen molar-refractivity contribution in [1.82, 2.24) is 9.46 Å². The molecule has 1 N–H and O–H groups in total. The Morgan fingerprint density at radius 2 is 1.86 bits per heavy atom. The molecule has 4 rings (SSSR count). The van der Waals surface area contributed by atoms with E-state index in [-0.39, 0.29) is 41.3 Å². The van der Waals surface area contributed by atoms with Crippen LogP contribution in [-0.4, -0.2) is 51.1 Å². The fourth-order valence-corrected chi connectivity index (χ4v) is 5.93. The maximum atomic E-state index is 14.0. The maximum absolute atomic E-state index is 14.0. The Balaban J connectivity index is 1.46. The highest BCUT2D eigenvalue weighted by molar-refractivity contribution is 7.89. The van der Waals surface area contributed by atoms with Gasteiger partial charge in [-0.05, 0) is 50.1 Å². The number of nitrogens with one attached hydrogen (secondary N) is 1. The molecule has 0 aliphatic carbocycles. The van der Waals surface area contributed by atoms with Gasteiger partial charge in [-0.15, -0.1) is 0 Å². The van der Waals surface area contributed by atoms with Crippen LogP contribution in [0.2, 0.25) is 0 Å². The smallest absolute Gasteiger partial charge is 0.248 e. The summed E-state index contributed by atoms with van der Waals surface area (Å²) >= 11 is 0. The van der Waals surface area contributed by atoms with E-state index in [0.29, 0.717) is 35.6 Å². The second-order valence-corrected chi connectivity index (χ2v) is 10.4. The number of carbonyl (C=O) groups is 1. The molecule has 1 aliphatic rings. The minimum Gasteiger partial charge on any atom is -0.497 e. The summed E-state index contributed by atoms with van der Waals surface area (Å²) < 4.78 is 58.0. The molecule has 196 valence electrons. The van der Waals surface area contributed by atoms with Crippen LogP contribution in [0.25, 0.3) is 12.2 Å². The van der Waals surface area contributed by atoms with Gasteiger partial charge in [0, 0.05) is 30.6 Å². The molecule has 0 radical (unpaired) electrons. The molecule has 0 unspecified atom stereocenters. The van der Waals surface area contributed by atoms with Crippen molar-refractivity contribution in [3.8, 4) is 11.5 Å². The van der Waals surface area contributed by atoms with Crippen LogP contribution in [-0.2, 0) is 14.8 Å². The maximum Gasteiger partial charge on any atom is 0.248 e. The van der Waals surface area contributed by atoms with Gasteiger partial charge in [-0.2, -0.15) is 4.31 Å². The number of aromatic nitrogens is 1. The van der Waals surface area contributed by atoms with Gasteiger partial charge in [-0.25, -0.2) is 12.8 Å². The van der Waals surface area contributed by atoms with Crippen molar-refractivity contribution < 1.29 is 31.6 Å². The zero-order chi connectivity index (χ0) is 26.6. The van der Waals surface area contributed by atoms with Crippen LogP contribution in [0.5, 0.6) is 11.5 Å². The molecule has 2 aromatic carbocycles. The highest BCUT2D eigenvalue weighted by Gasteiger charge is 2.36. The first-order chi connectivity index (χ1) is 17.7. The van der Waals surface area contributed by atoms with Gasteiger partial charge in [0.1, 0.15) is 23.0 Å². The lowest BCUT2D eigenvalue weighted by atomic mass is 9.97. The standard InChI is InChI=1S/C26H28FN3O6S/c1-17-25(24(36-29-17)10-8-18-6-4-5-7-21(18)27)37(32,33)30-14-12-19(13-15-30)26(31)28-22-16-20(34-2)9-11-23(22)35-3/h4-11,16,19H,12-15H2,1-3H3,(H,28,31). The number of amides is 1. The van der Waals surface area contributed by atoms with E-state index in [2.05, 4.69) is 10.5 Å². The number of methoxy groups -OCH3 is 2. The number of benzene rings is 2. The van der Waals surface area contributed by atoms with Gasteiger partial charge in [0.05, 0.1) is 19.9 Å². The van der Waals surface area contributed by atoms with Crippen LogP contribution in [0.15, 0.2) is 51.9 Å². The molecule has 11 heteroatoms. The predicted octanol–water partition coefficient (Wildman–Crippen LogP) is 4.35. The Bertz CT molecular complexity index is 1410. The highest BCUT2D eigenvalue weighted by Crippen LogP contribution is 2.32. The zero-order valence-corrected chi connectivity index (χ0v) is 21.5. The van der Waals surface area contributed by atoms with E-state index in [1.54, 1.807) is 43.3 Å². The van der Waals surface area contributed by atoms with Crippen LogP contribution < -0.4 is 14.8 Å². The van der Waals surface area contributed by atoms with Crippen LogP contribution in [0.4, 0.5) is 10.1 Å². The number of anilines is 1. The van der Waals surface area contributed by atoms with E-state index in [0.717, 1.165) is 0 Å². The molecule has 0 saturated carbocycles. The molecular weight excluding hydrogens is 501 g/mol. The normalized spacial score (nSPS) is 15.1. The van der Waals surface area contributed by atoms with Crippen molar-refractivity contribution in [2.45, 2.75) is 24.7 Å². The van der Waals surface area contributed by atoms with E-state index in [9.17, 15) is 17.6 Å².